The van der Waals surface area contributed by atoms with Crippen LogP contribution in [0.15, 0.2) is 54.6 Å². The van der Waals surface area contributed by atoms with Gasteiger partial charge in [0.05, 0.1) is 18.1 Å². The van der Waals surface area contributed by atoms with Crippen LogP contribution < -0.4 is 10.6 Å². The maximum Gasteiger partial charge on any atom is 0.405 e. The fraction of sp³-hybridized carbons (Fsp3) is 0.238. The number of halogens is 3. The Labute approximate surface area is 175 Å². The summed E-state index contributed by atoms with van der Waals surface area (Å²) in [6.45, 7) is 0.528. The molecule has 2 amide bonds. The molecule has 0 spiro atoms. The number of carbonyl (C=O) groups excluding carboxylic acids is 1. The molecule has 0 fully saturated rings. The Kier molecular flexibility index (Phi) is 5.45. The molecule has 1 aliphatic rings. The van der Waals surface area contributed by atoms with Gasteiger partial charge in [-0.3, -0.25) is 4.98 Å². The third-order valence-electron chi connectivity index (χ3n) is 4.75. The Hall–Kier alpha value is -3.69. The molecule has 0 aliphatic heterocycles. The minimum absolute atomic E-state index is 0.429. The van der Waals surface area contributed by atoms with E-state index in [0.717, 1.165) is 28.1 Å². The quantitative estimate of drug-likeness (QED) is 0.657. The molecule has 1 aliphatic carbocycles. The number of allylic oxidation sites excluding steroid dienone is 3. The third-order valence-corrected chi connectivity index (χ3v) is 4.75. The number of aromatic nitrogens is 4. The van der Waals surface area contributed by atoms with Gasteiger partial charge in [0.1, 0.15) is 6.54 Å². The zero-order chi connectivity index (χ0) is 22.0. The van der Waals surface area contributed by atoms with Gasteiger partial charge in [-0.1, -0.05) is 12.1 Å². The second-order valence-corrected chi connectivity index (χ2v) is 7.14. The van der Waals surface area contributed by atoms with Crippen molar-refractivity contribution in [3.8, 4) is 11.1 Å². The smallest absolute Gasteiger partial charge is 0.329 e. The van der Waals surface area contributed by atoms with Crippen LogP contribution in [0.25, 0.3) is 22.3 Å². The summed E-state index contributed by atoms with van der Waals surface area (Å²) in [4.78, 5) is 20.5. The second-order valence-electron chi connectivity index (χ2n) is 7.14. The van der Waals surface area contributed by atoms with E-state index in [1.165, 1.54) is 0 Å². The first-order valence-electron chi connectivity index (χ1n) is 9.58. The predicted molar refractivity (Wildman–Crippen MR) is 109 cm³/mol. The normalized spacial score (nSPS) is 14.2. The molecule has 0 bridgehead atoms. The van der Waals surface area contributed by atoms with Crippen molar-refractivity contribution in [1.82, 2.24) is 30.2 Å². The van der Waals surface area contributed by atoms with Crippen LogP contribution in [0.1, 0.15) is 24.2 Å². The highest BCUT2D eigenvalue weighted by Crippen LogP contribution is 2.27. The van der Waals surface area contributed by atoms with Crippen molar-refractivity contribution >= 4 is 17.3 Å². The van der Waals surface area contributed by atoms with Crippen LogP contribution in [-0.2, 0) is 0 Å². The van der Waals surface area contributed by atoms with E-state index < -0.39 is 18.8 Å². The van der Waals surface area contributed by atoms with Crippen molar-refractivity contribution in [2.45, 2.75) is 25.9 Å². The van der Waals surface area contributed by atoms with E-state index in [1.54, 1.807) is 40.6 Å². The Bertz CT molecular complexity index is 1180. The number of aryl methyl sites for hydroxylation is 1. The SMILES string of the molecule is Cc1ccc(-c2cnn3c(C4=CC(NC(=O)NCC(F)(F)F)=CCC4)cnc3c2)cn1. The van der Waals surface area contributed by atoms with Gasteiger partial charge in [-0.15, -0.1) is 0 Å². The molecule has 2 N–H and O–H groups in total. The number of carbonyl (C=O) groups is 1. The molecule has 10 heteroatoms. The molecule has 0 saturated carbocycles. The Morgan fingerprint density at radius 1 is 1.16 bits per heavy atom. The maximum absolute atomic E-state index is 12.3. The van der Waals surface area contributed by atoms with Crippen LogP contribution in [0, 0.1) is 6.92 Å². The molecule has 0 saturated heterocycles. The van der Waals surface area contributed by atoms with Gasteiger partial charge < -0.3 is 10.6 Å². The van der Waals surface area contributed by atoms with Crippen LogP contribution >= 0.6 is 0 Å². The third kappa shape index (κ3) is 4.90. The van der Waals surface area contributed by atoms with E-state index in [-0.39, 0.29) is 0 Å². The predicted octanol–water partition coefficient (Wildman–Crippen LogP) is 4.02. The zero-order valence-corrected chi connectivity index (χ0v) is 16.6. The number of rotatable bonds is 4. The summed E-state index contributed by atoms with van der Waals surface area (Å²) in [6, 6.07) is 4.89. The largest absolute Gasteiger partial charge is 0.405 e. The molecule has 0 unspecified atom stereocenters. The fourth-order valence-corrected chi connectivity index (χ4v) is 3.24. The first-order chi connectivity index (χ1) is 14.8. The lowest BCUT2D eigenvalue weighted by molar-refractivity contribution is -0.122. The van der Waals surface area contributed by atoms with Crippen LogP contribution in [0.3, 0.4) is 0 Å². The fourth-order valence-electron chi connectivity index (χ4n) is 3.24. The van der Waals surface area contributed by atoms with Gasteiger partial charge in [-0.25, -0.2) is 14.3 Å². The highest BCUT2D eigenvalue weighted by Gasteiger charge is 2.27. The lowest BCUT2D eigenvalue weighted by atomic mass is 10.0. The van der Waals surface area contributed by atoms with Gasteiger partial charge in [0.15, 0.2) is 5.65 Å². The molecule has 7 nitrogen and oxygen atoms in total. The minimum atomic E-state index is -4.46. The Morgan fingerprint density at radius 2 is 2.00 bits per heavy atom. The van der Waals surface area contributed by atoms with E-state index >= 15 is 0 Å². The average Bonchev–Trinajstić information content (AvgIpc) is 3.16. The molecular formula is C21H19F3N6O. The summed E-state index contributed by atoms with van der Waals surface area (Å²) in [7, 11) is 0. The summed E-state index contributed by atoms with van der Waals surface area (Å²) < 4.78 is 38.5. The van der Waals surface area contributed by atoms with Gasteiger partial charge in [-0.05, 0) is 43.5 Å². The van der Waals surface area contributed by atoms with Crippen molar-refractivity contribution in [2.24, 2.45) is 0 Å². The van der Waals surface area contributed by atoms with Crippen molar-refractivity contribution in [1.29, 1.82) is 0 Å². The lowest BCUT2D eigenvalue weighted by Gasteiger charge is -2.15. The monoisotopic (exact) mass is 428 g/mol. The number of imidazole rings is 1. The average molecular weight is 428 g/mol. The van der Waals surface area contributed by atoms with Crippen LogP contribution in [-0.4, -0.2) is 38.3 Å². The standard InChI is InChI=1S/C21H19F3N6O/c1-13-5-6-15(9-25-13)16-8-19-26-11-18(30(19)28-10-16)14-3-2-4-17(7-14)29-20(31)27-12-21(22,23)24/h4-11H,2-3,12H2,1H3,(H2,27,29,31). The highest BCUT2D eigenvalue weighted by molar-refractivity contribution is 5.78. The maximum atomic E-state index is 12.3. The van der Waals surface area contributed by atoms with Gasteiger partial charge >= 0.3 is 12.2 Å². The summed E-state index contributed by atoms with van der Waals surface area (Å²) in [5.41, 5.74) is 5.46. The van der Waals surface area contributed by atoms with Crippen molar-refractivity contribution in [3.05, 3.63) is 66.0 Å². The topological polar surface area (TPSA) is 84.2 Å². The first-order valence-corrected chi connectivity index (χ1v) is 9.58. The summed E-state index contributed by atoms with van der Waals surface area (Å²) in [5.74, 6) is 0. The van der Waals surface area contributed by atoms with Gasteiger partial charge in [0.2, 0.25) is 0 Å². The van der Waals surface area contributed by atoms with E-state index in [4.69, 9.17) is 0 Å². The lowest BCUT2D eigenvalue weighted by Crippen LogP contribution is -2.40. The van der Waals surface area contributed by atoms with Crippen molar-refractivity contribution in [3.63, 3.8) is 0 Å². The molecule has 3 aromatic heterocycles. The van der Waals surface area contributed by atoms with Crippen LogP contribution in [0.5, 0.6) is 0 Å². The molecule has 31 heavy (non-hydrogen) atoms. The Balaban J connectivity index is 1.53. The summed E-state index contributed by atoms with van der Waals surface area (Å²) >= 11 is 0. The van der Waals surface area contributed by atoms with Crippen LogP contribution in [0.4, 0.5) is 18.0 Å². The minimum Gasteiger partial charge on any atom is -0.329 e. The number of nitrogens with zero attached hydrogens (tertiary/aromatic N) is 4. The van der Waals surface area contributed by atoms with Crippen LogP contribution in [0.2, 0.25) is 0 Å². The molecule has 0 aromatic carbocycles. The number of hydrogen-bond donors (Lipinski definition) is 2. The highest BCUT2D eigenvalue weighted by atomic mass is 19.4. The number of fused-ring (bicyclic) bond motifs is 1. The molecule has 3 aromatic rings. The first kappa shape index (κ1) is 20.6. The molecule has 3 heterocycles. The molecule has 4 rings (SSSR count). The number of hydrogen-bond acceptors (Lipinski definition) is 4. The second kappa shape index (κ2) is 8.21. The summed E-state index contributed by atoms with van der Waals surface area (Å²) in [5, 5.41) is 8.74. The number of amides is 2. The molecular weight excluding hydrogens is 409 g/mol. The molecule has 0 radical (unpaired) electrons. The number of nitrogens with one attached hydrogen (secondary N) is 2. The van der Waals surface area contributed by atoms with Gasteiger partial charge in [-0.2, -0.15) is 18.3 Å². The molecule has 0 atom stereocenters. The van der Waals surface area contributed by atoms with Gasteiger partial charge in [0.25, 0.3) is 0 Å². The number of alkyl halides is 3. The van der Waals surface area contributed by atoms with E-state index in [9.17, 15) is 18.0 Å². The van der Waals surface area contributed by atoms with E-state index in [1.807, 2.05) is 25.1 Å². The zero-order valence-electron chi connectivity index (χ0n) is 16.6. The Morgan fingerprint density at radius 3 is 2.74 bits per heavy atom. The van der Waals surface area contributed by atoms with Gasteiger partial charge in [0, 0.05) is 28.7 Å². The summed E-state index contributed by atoms with van der Waals surface area (Å²) in [6.07, 6.45) is 5.54. The number of urea groups is 1. The number of pyridine rings is 1. The van der Waals surface area contributed by atoms with Crippen molar-refractivity contribution < 1.29 is 18.0 Å². The molecule has 160 valence electrons. The van der Waals surface area contributed by atoms with E-state index in [2.05, 4.69) is 20.4 Å². The van der Waals surface area contributed by atoms with Crippen molar-refractivity contribution in [2.75, 3.05) is 6.54 Å². The van der Waals surface area contributed by atoms with E-state index in [0.29, 0.717) is 24.2 Å².